The van der Waals surface area contributed by atoms with E-state index in [0.29, 0.717) is 30.3 Å². The number of benzene rings is 2. The lowest BCUT2D eigenvalue weighted by molar-refractivity contribution is 0.0872. The first-order valence-electron chi connectivity index (χ1n) is 9.69. The number of ether oxygens (including phenoxy) is 3. The Hall–Kier alpha value is -3.64. The van der Waals surface area contributed by atoms with Crippen LogP contribution in [0.1, 0.15) is 27.0 Å². The number of Topliss-reactive ketones (excluding diaryl/α,β-unsaturated/α-hetero) is 1. The smallest absolute Gasteiger partial charge is 0.231 e. The Morgan fingerprint density at radius 1 is 1.10 bits per heavy atom. The van der Waals surface area contributed by atoms with Crippen molar-refractivity contribution < 1.29 is 19.0 Å². The lowest BCUT2D eigenvalue weighted by atomic mass is 10.0. The molecular formula is C24H20N2O4. The van der Waals surface area contributed by atoms with Gasteiger partial charge in [0.15, 0.2) is 5.76 Å². The van der Waals surface area contributed by atoms with Gasteiger partial charge >= 0.3 is 0 Å². The minimum Gasteiger partial charge on any atom is -0.497 e. The molecular weight excluding hydrogens is 380 g/mol. The maximum absolute atomic E-state index is 12.9. The molecule has 3 heterocycles. The number of ketones is 1. The average Bonchev–Trinajstić information content (AvgIpc) is 3.11. The van der Waals surface area contributed by atoms with E-state index in [1.165, 1.54) is 0 Å². The first-order chi connectivity index (χ1) is 14.7. The number of fused-ring (bicyclic) bond motifs is 3. The van der Waals surface area contributed by atoms with Crippen molar-refractivity contribution in [2.45, 2.75) is 13.1 Å². The second kappa shape index (κ2) is 7.65. The summed E-state index contributed by atoms with van der Waals surface area (Å²) < 4.78 is 17.2. The summed E-state index contributed by atoms with van der Waals surface area (Å²) in [5.41, 5.74) is 3.50. The van der Waals surface area contributed by atoms with Crippen molar-refractivity contribution in [2.75, 3.05) is 13.8 Å². The third-order valence-corrected chi connectivity index (χ3v) is 5.25. The summed E-state index contributed by atoms with van der Waals surface area (Å²) in [4.78, 5) is 19.1. The maximum atomic E-state index is 12.9. The summed E-state index contributed by atoms with van der Waals surface area (Å²) in [6.45, 7) is 1.86. The third kappa shape index (κ3) is 3.42. The number of rotatable bonds is 4. The number of methoxy groups -OCH3 is 1. The molecule has 0 bridgehead atoms. The highest BCUT2D eigenvalue weighted by molar-refractivity contribution is 6.15. The Balaban J connectivity index is 1.41. The Labute approximate surface area is 174 Å². The van der Waals surface area contributed by atoms with Gasteiger partial charge in [0.05, 0.1) is 18.2 Å². The van der Waals surface area contributed by atoms with Gasteiger partial charge in [-0.1, -0.05) is 12.1 Å². The largest absolute Gasteiger partial charge is 0.497 e. The standard InChI is InChI=1S/C24H20N2O4/c1-28-18-4-2-16(3-5-18)12-22-23(27)19-6-7-21-20(24(19)30-22)14-26(15-29-21)13-17-8-10-25-11-9-17/h2-12H,13-15H2,1H3. The second-order valence-corrected chi connectivity index (χ2v) is 7.25. The quantitative estimate of drug-likeness (QED) is 0.616. The van der Waals surface area contributed by atoms with Crippen molar-refractivity contribution in [1.29, 1.82) is 0 Å². The lowest BCUT2D eigenvalue weighted by Gasteiger charge is -2.29. The number of nitrogens with zero attached hydrogens (tertiary/aromatic N) is 2. The number of carbonyl (C=O) groups excluding carboxylic acids is 1. The van der Waals surface area contributed by atoms with E-state index in [1.807, 2.05) is 42.5 Å². The van der Waals surface area contributed by atoms with E-state index < -0.39 is 0 Å². The summed E-state index contributed by atoms with van der Waals surface area (Å²) in [6.07, 6.45) is 5.32. The van der Waals surface area contributed by atoms with Crippen LogP contribution in [0.4, 0.5) is 0 Å². The number of pyridine rings is 1. The fourth-order valence-electron chi connectivity index (χ4n) is 3.70. The molecule has 0 radical (unpaired) electrons. The predicted molar refractivity (Wildman–Crippen MR) is 111 cm³/mol. The fraction of sp³-hybridized carbons (Fsp3) is 0.167. The summed E-state index contributed by atoms with van der Waals surface area (Å²) in [5, 5.41) is 0. The van der Waals surface area contributed by atoms with Crippen molar-refractivity contribution >= 4 is 11.9 Å². The zero-order valence-corrected chi connectivity index (χ0v) is 16.5. The Bertz CT molecular complexity index is 1120. The predicted octanol–water partition coefficient (Wildman–Crippen LogP) is 4.06. The number of aromatic nitrogens is 1. The van der Waals surface area contributed by atoms with Crippen molar-refractivity contribution in [3.05, 3.63) is 88.9 Å². The van der Waals surface area contributed by atoms with Crippen LogP contribution in [0.15, 0.2) is 66.7 Å². The number of hydrogen-bond donors (Lipinski definition) is 0. The van der Waals surface area contributed by atoms with Crippen LogP contribution in [0.5, 0.6) is 17.2 Å². The molecule has 0 spiro atoms. The second-order valence-electron chi connectivity index (χ2n) is 7.25. The molecule has 3 aromatic rings. The molecule has 0 amide bonds. The van der Waals surface area contributed by atoms with Gasteiger partial charge in [0.2, 0.25) is 5.78 Å². The summed E-state index contributed by atoms with van der Waals surface area (Å²) in [7, 11) is 1.62. The van der Waals surface area contributed by atoms with Crippen molar-refractivity contribution in [2.24, 2.45) is 0 Å². The van der Waals surface area contributed by atoms with Gasteiger partial charge in [-0.3, -0.25) is 14.7 Å². The van der Waals surface area contributed by atoms with Gasteiger partial charge in [0.1, 0.15) is 24.0 Å². The zero-order valence-electron chi connectivity index (χ0n) is 16.5. The van der Waals surface area contributed by atoms with E-state index in [4.69, 9.17) is 14.2 Å². The molecule has 2 aromatic carbocycles. The molecule has 5 rings (SSSR count). The minimum atomic E-state index is -0.116. The first-order valence-corrected chi connectivity index (χ1v) is 9.69. The van der Waals surface area contributed by atoms with Crippen LogP contribution in [0.25, 0.3) is 6.08 Å². The Morgan fingerprint density at radius 2 is 1.90 bits per heavy atom. The van der Waals surface area contributed by atoms with Crippen LogP contribution in [0, 0.1) is 0 Å². The Morgan fingerprint density at radius 3 is 2.67 bits per heavy atom. The lowest BCUT2D eigenvalue weighted by Crippen LogP contribution is -2.31. The van der Waals surface area contributed by atoms with Gasteiger partial charge in [-0.2, -0.15) is 0 Å². The van der Waals surface area contributed by atoms with E-state index in [2.05, 4.69) is 9.88 Å². The minimum absolute atomic E-state index is 0.116. The average molecular weight is 400 g/mol. The monoisotopic (exact) mass is 400 g/mol. The fourth-order valence-corrected chi connectivity index (χ4v) is 3.70. The van der Waals surface area contributed by atoms with Gasteiger partial charge < -0.3 is 14.2 Å². The molecule has 150 valence electrons. The highest BCUT2D eigenvalue weighted by Crippen LogP contribution is 2.42. The van der Waals surface area contributed by atoms with Crippen LogP contribution >= 0.6 is 0 Å². The molecule has 2 aliphatic heterocycles. The topological polar surface area (TPSA) is 60.9 Å². The van der Waals surface area contributed by atoms with Crippen LogP contribution in [0.2, 0.25) is 0 Å². The molecule has 0 N–H and O–H groups in total. The summed E-state index contributed by atoms with van der Waals surface area (Å²) >= 11 is 0. The van der Waals surface area contributed by atoms with Crippen LogP contribution in [-0.2, 0) is 13.1 Å². The van der Waals surface area contributed by atoms with Gasteiger partial charge in [-0.25, -0.2) is 0 Å². The van der Waals surface area contributed by atoms with Crippen LogP contribution in [0.3, 0.4) is 0 Å². The zero-order chi connectivity index (χ0) is 20.5. The van der Waals surface area contributed by atoms with Gasteiger partial charge in [-0.05, 0) is 53.6 Å². The van der Waals surface area contributed by atoms with Crippen molar-refractivity contribution in [3.8, 4) is 17.2 Å². The molecule has 2 aliphatic rings. The molecule has 30 heavy (non-hydrogen) atoms. The normalized spacial score (nSPS) is 16.6. The molecule has 0 fully saturated rings. The molecule has 0 unspecified atom stereocenters. The number of carbonyl (C=O) groups is 1. The number of hydrogen-bond acceptors (Lipinski definition) is 6. The SMILES string of the molecule is COc1ccc(C=C2Oc3c(ccc4c3CN(Cc3ccncc3)CO4)C2=O)cc1. The number of allylic oxidation sites excluding steroid dienone is 1. The third-order valence-electron chi connectivity index (χ3n) is 5.25. The molecule has 6 heteroatoms. The highest BCUT2D eigenvalue weighted by Gasteiger charge is 2.33. The van der Waals surface area contributed by atoms with Gasteiger partial charge in [0.25, 0.3) is 0 Å². The van der Waals surface area contributed by atoms with Crippen molar-refractivity contribution in [1.82, 2.24) is 9.88 Å². The van der Waals surface area contributed by atoms with Crippen molar-refractivity contribution in [3.63, 3.8) is 0 Å². The van der Waals surface area contributed by atoms with E-state index >= 15 is 0 Å². The highest BCUT2D eigenvalue weighted by atomic mass is 16.5. The molecule has 0 atom stereocenters. The van der Waals surface area contributed by atoms with Gasteiger partial charge in [-0.15, -0.1) is 0 Å². The van der Waals surface area contributed by atoms with E-state index in [-0.39, 0.29) is 5.78 Å². The summed E-state index contributed by atoms with van der Waals surface area (Å²) in [5.74, 6) is 2.32. The first kappa shape index (κ1) is 18.4. The molecule has 0 saturated heterocycles. The van der Waals surface area contributed by atoms with E-state index in [9.17, 15) is 4.79 Å². The molecule has 0 aliphatic carbocycles. The van der Waals surface area contributed by atoms with E-state index in [1.54, 1.807) is 31.6 Å². The van der Waals surface area contributed by atoms with E-state index in [0.717, 1.165) is 34.7 Å². The Kier molecular flexibility index (Phi) is 4.69. The summed E-state index contributed by atoms with van der Waals surface area (Å²) in [6, 6.07) is 15.1. The molecule has 6 nitrogen and oxygen atoms in total. The maximum Gasteiger partial charge on any atom is 0.231 e. The van der Waals surface area contributed by atoms with Crippen LogP contribution in [-0.4, -0.2) is 29.5 Å². The van der Waals surface area contributed by atoms with Gasteiger partial charge in [0, 0.05) is 25.5 Å². The van der Waals surface area contributed by atoms with Crippen LogP contribution < -0.4 is 14.2 Å². The molecule has 1 aromatic heterocycles. The molecule has 0 saturated carbocycles.